The van der Waals surface area contributed by atoms with Gasteiger partial charge in [0, 0.05) is 184 Å². The number of benzene rings is 9. The van der Waals surface area contributed by atoms with E-state index in [4.69, 9.17) is 37.9 Å². The molecule has 19 rings (SSSR count). The zero-order valence-corrected chi connectivity index (χ0v) is 70.3. The number of carbonyl (C=O) groups excluding carboxylic acids is 6. The molecule has 6 saturated heterocycles. The largest absolute Gasteiger partial charge is 0.457 e. The Morgan fingerprint density at radius 2 is 0.631 bits per heavy atom. The van der Waals surface area contributed by atoms with Gasteiger partial charge in [-0.3, -0.25) is 68.1 Å². The maximum Gasteiger partial charge on any atom is 0.262 e. The maximum atomic E-state index is 17.1. The Kier molecular flexibility index (Phi) is 22.1. The first kappa shape index (κ1) is 80.4. The van der Waals surface area contributed by atoms with Gasteiger partial charge in [0.25, 0.3) is 35.4 Å². The number of pyridine rings is 2. The number of ether oxygens (including phenoxy) is 8. The highest BCUT2D eigenvalue weighted by Gasteiger charge is 2.49. The maximum absolute atomic E-state index is 17.1. The van der Waals surface area contributed by atoms with Gasteiger partial charge in [-0.15, -0.1) is 0 Å². The lowest BCUT2D eigenvalue weighted by molar-refractivity contribution is -0.138. The van der Waals surface area contributed by atoms with E-state index in [2.05, 4.69) is 85.0 Å². The van der Waals surface area contributed by atoms with Gasteiger partial charge in [-0.25, -0.2) is 0 Å². The molecular weight excluding hydrogens is 1540 g/mol. The van der Waals surface area contributed by atoms with E-state index in [0.29, 0.717) is 119 Å². The molecule has 24 nitrogen and oxygen atoms in total. The van der Waals surface area contributed by atoms with Crippen LogP contribution in [0.5, 0.6) is 46.0 Å². The average molecular weight is 1640 g/mol. The fraction of sp³-hybridized carbons (Fsp3) is 0.388. The summed E-state index contributed by atoms with van der Waals surface area (Å²) < 4.78 is 52.7. The number of nitrogens with zero attached hydrogens (tertiary/aromatic N) is 10. The fourth-order valence-electron chi connectivity index (χ4n) is 18.1. The normalized spacial score (nSPS) is 19.6. The summed E-state index contributed by atoms with van der Waals surface area (Å²) in [5.41, 5.74) is 4.56. The van der Waals surface area contributed by atoms with Crippen LogP contribution in [0.4, 0.5) is 0 Å². The van der Waals surface area contributed by atoms with E-state index in [0.717, 1.165) is 111 Å². The topological polar surface area (TPSA) is 241 Å². The number of piperazine rings is 2. The van der Waals surface area contributed by atoms with E-state index in [9.17, 15) is 0 Å². The summed E-state index contributed by atoms with van der Waals surface area (Å²) in [5, 5.41) is 2.31. The average Bonchev–Trinajstić information content (AvgIpc) is 0.904. The van der Waals surface area contributed by atoms with Crippen molar-refractivity contribution < 1.29 is 66.7 Å². The minimum atomic E-state index is -1.52. The van der Waals surface area contributed by atoms with Crippen LogP contribution in [-0.4, -0.2) is 240 Å². The van der Waals surface area contributed by atoms with Gasteiger partial charge >= 0.3 is 0 Å². The summed E-state index contributed by atoms with van der Waals surface area (Å²) in [6.45, 7) is 29.6. The summed E-state index contributed by atoms with van der Waals surface area (Å²) in [7, 11) is 0. The Bertz CT molecular complexity index is 5250. The van der Waals surface area contributed by atoms with Crippen molar-refractivity contribution in [3.63, 3.8) is 0 Å². The molecule has 6 fully saturated rings. The molecule has 0 saturated carbocycles. The van der Waals surface area contributed by atoms with Gasteiger partial charge in [-0.1, -0.05) is 116 Å². The minimum Gasteiger partial charge on any atom is -0.457 e. The lowest BCUT2D eigenvalue weighted by Crippen LogP contribution is -2.55. The van der Waals surface area contributed by atoms with E-state index in [1.807, 2.05) is 97.1 Å². The van der Waals surface area contributed by atoms with Crippen molar-refractivity contribution in [3.05, 3.63) is 226 Å². The Labute approximate surface area is 709 Å². The predicted octanol–water partition coefficient (Wildman–Crippen LogP) is 15.4. The van der Waals surface area contributed by atoms with Gasteiger partial charge in [-0.05, 0) is 131 Å². The minimum absolute atomic E-state index is 0.0273. The zero-order chi connectivity index (χ0) is 83.9. The highest BCUT2D eigenvalue weighted by atomic mass is 16.6. The summed E-state index contributed by atoms with van der Waals surface area (Å²) in [4.78, 5) is 125. The van der Waals surface area contributed by atoms with Crippen molar-refractivity contribution >= 4 is 78.5 Å². The Morgan fingerprint density at radius 3 is 0.877 bits per heavy atom. The number of aromatic nitrogens is 2. The van der Waals surface area contributed by atoms with Crippen LogP contribution in [0.25, 0.3) is 43.1 Å². The van der Waals surface area contributed by atoms with Crippen molar-refractivity contribution in [3.8, 4) is 46.0 Å². The standard InChI is InChI=1S/C98H102N10O14/c1-57(2)61-15-9-21-67(39-61)119-79-43-75-83-76(94(110)107(93(75)109)91(65-19-13-25-99-47-65)97(113)105-35-31-101(32-36-105)27-29-103(49-71-53-115-71)50-72-54-116-72)45-81(121-69-23-11-17-63(41-69)59(5)6)87-88-82(122-70-24-12-18-64(42-70)60(7)8)46-78-84-77(44-80(86(90(84)88)85(79)89(83)87)120-68-22-10-16-62(40-68)58(3)4)95(111)108(96(78)112)92(66-20-14-26-100-48-66)98(114)106-37-33-102(34-38-106)28-30-104(51-73-55-117-73)52-74-56-118-74/h9-26,39-48,57-60,71-74,91-92H,27-38,49-56H2,1-8H3. The highest BCUT2D eigenvalue weighted by molar-refractivity contribution is 6.45. The molecule has 6 unspecified atom stereocenters. The second-order valence-electron chi connectivity index (χ2n) is 35.0. The van der Waals surface area contributed by atoms with Crippen LogP contribution in [0.3, 0.4) is 0 Å². The first-order valence-electron chi connectivity index (χ1n) is 43.2. The van der Waals surface area contributed by atoms with Crippen LogP contribution in [0.2, 0.25) is 0 Å². The van der Waals surface area contributed by atoms with Crippen molar-refractivity contribution in [1.82, 2.24) is 49.2 Å². The van der Waals surface area contributed by atoms with Gasteiger partial charge < -0.3 is 47.7 Å². The van der Waals surface area contributed by atoms with Gasteiger partial charge in [0.1, 0.15) is 58.1 Å². The SMILES string of the molecule is CC(C)c1cccc(Oc2cc3c4c(cc(Oc5cccc(C(C)C)c5)c5c6c(Oc7cccc(C(C)C)c7)cc7c8c(cc(Oc9cccc(C(C)C)c9)c(c2c45)c86)C(=O)N(C(C(=O)N2CCN(CCN(CC4CO4)CC4CO4)CC2)c2cccnc2)C7=O)C(=O)N(C(C(=O)N2CCN(CCN(CC4CO4)CC4CO4)CC2)c2cccnc2)C3=O)c1. The molecule has 24 heteroatoms. The molecule has 0 N–H and O–H groups in total. The van der Waals surface area contributed by atoms with E-state index in [-0.39, 0.29) is 104 Å². The third kappa shape index (κ3) is 16.2. The van der Waals surface area contributed by atoms with Crippen LogP contribution in [-0.2, 0) is 28.5 Å². The van der Waals surface area contributed by atoms with Crippen LogP contribution in [0, 0.1) is 0 Å². The van der Waals surface area contributed by atoms with E-state index in [1.54, 1.807) is 70.7 Å². The Balaban J connectivity index is 0.832. The number of carbonyl (C=O) groups is 6. The Hall–Kier alpha value is -11.3. The molecule has 9 aromatic carbocycles. The van der Waals surface area contributed by atoms with E-state index >= 15 is 28.8 Å². The van der Waals surface area contributed by atoms with Gasteiger partial charge in [0.2, 0.25) is 0 Å². The number of amides is 6. The van der Waals surface area contributed by atoms with Crippen molar-refractivity contribution in [2.75, 3.05) is 131 Å². The number of epoxide rings is 4. The van der Waals surface area contributed by atoms with Crippen LogP contribution >= 0.6 is 0 Å². The molecule has 6 atom stereocenters. The molecule has 8 aliphatic rings. The van der Waals surface area contributed by atoms with E-state index < -0.39 is 47.5 Å². The number of fused-ring (bicyclic) bond motifs is 2. The fourth-order valence-corrected chi connectivity index (χ4v) is 18.1. The third-order valence-electron chi connectivity index (χ3n) is 25.2. The molecular formula is C98H102N10O14. The molecule has 6 amide bonds. The molecule has 0 aliphatic carbocycles. The molecule has 0 radical (unpaired) electrons. The lowest BCUT2D eigenvalue weighted by atomic mass is 9.80. The third-order valence-corrected chi connectivity index (χ3v) is 25.2. The monoisotopic (exact) mass is 1640 g/mol. The molecule has 628 valence electrons. The van der Waals surface area contributed by atoms with Gasteiger partial charge in [-0.2, -0.15) is 0 Å². The molecule has 10 heterocycles. The summed E-state index contributed by atoms with van der Waals surface area (Å²) in [5.74, 6) is -1.83. The number of imide groups is 2. The highest BCUT2D eigenvalue weighted by Crippen LogP contribution is 2.59. The Morgan fingerprint density at radius 1 is 0.361 bits per heavy atom. The first-order valence-corrected chi connectivity index (χ1v) is 43.2. The second kappa shape index (κ2) is 33.5. The lowest BCUT2D eigenvalue weighted by Gasteiger charge is -2.40. The summed E-state index contributed by atoms with van der Waals surface area (Å²) in [6.07, 6.45) is 7.15. The van der Waals surface area contributed by atoms with Gasteiger partial charge in [0.15, 0.2) is 0 Å². The molecule has 2 aromatic heterocycles. The smallest absolute Gasteiger partial charge is 0.262 e. The predicted molar refractivity (Wildman–Crippen MR) is 463 cm³/mol. The number of hydrogen-bond donors (Lipinski definition) is 0. The molecule has 0 spiro atoms. The molecule has 122 heavy (non-hydrogen) atoms. The quantitative estimate of drug-likeness (QED) is 0.0165. The summed E-state index contributed by atoms with van der Waals surface area (Å²) in [6, 6.07) is 41.4. The molecule has 11 aromatic rings. The van der Waals surface area contributed by atoms with Gasteiger partial charge in [0.05, 0.1) is 73.1 Å². The first-order chi connectivity index (χ1) is 59.2. The van der Waals surface area contributed by atoms with Crippen LogP contribution < -0.4 is 18.9 Å². The molecule has 0 bridgehead atoms. The van der Waals surface area contributed by atoms with Crippen LogP contribution in [0.15, 0.2) is 170 Å². The summed E-state index contributed by atoms with van der Waals surface area (Å²) >= 11 is 0. The molecule has 8 aliphatic heterocycles. The van der Waals surface area contributed by atoms with Crippen molar-refractivity contribution in [2.45, 2.75) is 116 Å². The number of rotatable bonds is 32. The second-order valence-corrected chi connectivity index (χ2v) is 35.0. The van der Waals surface area contributed by atoms with Crippen molar-refractivity contribution in [1.29, 1.82) is 0 Å². The zero-order valence-electron chi connectivity index (χ0n) is 70.3. The van der Waals surface area contributed by atoms with Crippen LogP contribution in [0.1, 0.15) is 166 Å². The number of hydrogen-bond acceptors (Lipinski definition) is 20. The van der Waals surface area contributed by atoms with Crippen molar-refractivity contribution in [2.24, 2.45) is 0 Å². The van der Waals surface area contributed by atoms with E-state index in [1.165, 1.54) is 12.4 Å².